The fourth-order valence-corrected chi connectivity index (χ4v) is 2.51. The van der Waals surface area contributed by atoms with Crippen LogP contribution in [-0.2, 0) is 10.0 Å². The van der Waals surface area contributed by atoms with E-state index >= 15 is 0 Å². The second-order valence-electron chi connectivity index (χ2n) is 3.98. The topological polar surface area (TPSA) is 88.3 Å². The first-order valence-corrected chi connectivity index (χ1v) is 7.70. The second-order valence-corrected chi connectivity index (χ2v) is 5.97. The number of nitrogens with two attached hydrogens (primary N) is 1. The molecule has 0 radical (unpaired) electrons. The molecule has 0 amide bonds. The Morgan fingerprint density at radius 1 is 1.44 bits per heavy atom. The van der Waals surface area contributed by atoms with E-state index in [0.717, 1.165) is 6.42 Å². The van der Waals surface area contributed by atoms with Crippen LogP contribution < -0.4 is 11.1 Å². The fraction of sp³-hybridized carbons (Fsp3) is 0.545. The van der Waals surface area contributed by atoms with Crippen LogP contribution in [0.4, 0.5) is 11.6 Å². The van der Waals surface area contributed by atoms with Crippen molar-refractivity contribution in [2.24, 2.45) is 0 Å². The zero-order valence-electron chi connectivity index (χ0n) is 10.8. The van der Waals surface area contributed by atoms with Crippen molar-refractivity contribution in [2.75, 3.05) is 36.9 Å². The van der Waals surface area contributed by atoms with Gasteiger partial charge in [0.1, 0.15) is 11.6 Å². The number of hydrogen-bond donors (Lipinski definition) is 2. The monoisotopic (exact) mass is 272 g/mol. The Hall–Kier alpha value is -1.34. The predicted octanol–water partition coefficient (Wildman–Crippen LogP) is 0.747. The highest BCUT2D eigenvalue weighted by molar-refractivity contribution is 7.88. The van der Waals surface area contributed by atoms with E-state index in [1.54, 1.807) is 6.07 Å². The molecule has 0 atom stereocenters. The SMILES string of the molecule is CCN(CCCNc1cccc(N)n1)S(C)(=O)=O. The Kier molecular flexibility index (Phi) is 5.36. The molecule has 1 aromatic heterocycles. The number of sulfonamides is 1. The lowest BCUT2D eigenvalue weighted by Crippen LogP contribution is -2.31. The van der Waals surface area contributed by atoms with Gasteiger partial charge in [0.2, 0.25) is 10.0 Å². The molecule has 0 saturated heterocycles. The third-order valence-electron chi connectivity index (χ3n) is 2.48. The Morgan fingerprint density at radius 3 is 2.72 bits per heavy atom. The van der Waals surface area contributed by atoms with Crippen LogP contribution in [0.15, 0.2) is 18.2 Å². The number of aromatic nitrogens is 1. The predicted molar refractivity (Wildman–Crippen MR) is 73.8 cm³/mol. The number of nitrogens with one attached hydrogen (secondary N) is 1. The molecule has 1 rings (SSSR count). The van der Waals surface area contributed by atoms with Gasteiger partial charge in [-0.1, -0.05) is 13.0 Å². The molecule has 0 unspecified atom stereocenters. The van der Waals surface area contributed by atoms with Gasteiger partial charge in [-0.2, -0.15) is 0 Å². The molecule has 7 heteroatoms. The van der Waals surface area contributed by atoms with Gasteiger partial charge in [0.05, 0.1) is 6.26 Å². The molecule has 0 aliphatic heterocycles. The standard InChI is InChI=1S/C11H20N4O2S/c1-3-15(18(2,16)17)9-5-8-13-11-7-4-6-10(12)14-11/h4,6-7H,3,5,8-9H2,1-2H3,(H3,12,13,14). The Bertz CT molecular complexity index is 476. The maximum absolute atomic E-state index is 11.3. The first-order chi connectivity index (χ1) is 8.43. The summed E-state index contributed by atoms with van der Waals surface area (Å²) < 4.78 is 24.1. The highest BCUT2D eigenvalue weighted by atomic mass is 32.2. The minimum absolute atomic E-state index is 0.464. The molecule has 0 aliphatic rings. The van der Waals surface area contributed by atoms with Crippen molar-refractivity contribution in [3.05, 3.63) is 18.2 Å². The molecule has 0 aliphatic carbocycles. The van der Waals surface area contributed by atoms with Crippen LogP contribution in [-0.4, -0.2) is 43.6 Å². The van der Waals surface area contributed by atoms with E-state index in [-0.39, 0.29) is 0 Å². The van der Waals surface area contributed by atoms with Crippen molar-refractivity contribution in [3.63, 3.8) is 0 Å². The summed E-state index contributed by atoms with van der Waals surface area (Å²) in [6.07, 6.45) is 1.95. The lowest BCUT2D eigenvalue weighted by molar-refractivity contribution is 0.428. The zero-order chi connectivity index (χ0) is 13.6. The number of hydrogen-bond acceptors (Lipinski definition) is 5. The van der Waals surface area contributed by atoms with Gasteiger partial charge in [0, 0.05) is 19.6 Å². The van der Waals surface area contributed by atoms with Gasteiger partial charge in [-0.25, -0.2) is 17.7 Å². The summed E-state index contributed by atoms with van der Waals surface area (Å²) in [6, 6.07) is 5.36. The summed E-state index contributed by atoms with van der Waals surface area (Å²) >= 11 is 0. The van der Waals surface area contributed by atoms with Crippen molar-refractivity contribution in [1.82, 2.24) is 9.29 Å². The van der Waals surface area contributed by atoms with Gasteiger partial charge >= 0.3 is 0 Å². The van der Waals surface area contributed by atoms with Gasteiger partial charge in [-0.15, -0.1) is 0 Å². The Balaban J connectivity index is 2.35. The molecule has 0 saturated carbocycles. The first-order valence-electron chi connectivity index (χ1n) is 5.85. The van der Waals surface area contributed by atoms with Crippen LogP contribution in [0.1, 0.15) is 13.3 Å². The van der Waals surface area contributed by atoms with Gasteiger partial charge in [0.25, 0.3) is 0 Å². The molecule has 3 N–H and O–H groups in total. The number of nitrogens with zero attached hydrogens (tertiary/aromatic N) is 2. The van der Waals surface area contributed by atoms with Crippen LogP contribution in [0.5, 0.6) is 0 Å². The van der Waals surface area contributed by atoms with E-state index in [1.165, 1.54) is 10.6 Å². The smallest absolute Gasteiger partial charge is 0.211 e. The van der Waals surface area contributed by atoms with E-state index in [4.69, 9.17) is 5.73 Å². The van der Waals surface area contributed by atoms with Crippen molar-refractivity contribution >= 4 is 21.7 Å². The summed E-state index contributed by atoms with van der Waals surface area (Å²) in [5.41, 5.74) is 5.55. The molecule has 0 fully saturated rings. The van der Waals surface area contributed by atoms with Crippen molar-refractivity contribution in [1.29, 1.82) is 0 Å². The van der Waals surface area contributed by atoms with Crippen LogP contribution in [0, 0.1) is 0 Å². The van der Waals surface area contributed by atoms with Gasteiger partial charge < -0.3 is 11.1 Å². The largest absolute Gasteiger partial charge is 0.384 e. The van der Waals surface area contributed by atoms with Crippen LogP contribution >= 0.6 is 0 Å². The molecule has 0 spiro atoms. The number of anilines is 2. The third kappa shape index (κ3) is 4.89. The molecule has 6 nitrogen and oxygen atoms in total. The highest BCUT2D eigenvalue weighted by Crippen LogP contribution is 2.06. The van der Waals surface area contributed by atoms with Crippen molar-refractivity contribution in [3.8, 4) is 0 Å². The van der Waals surface area contributed by atoms with E-state index in [2.05, 4.69) is 10.3 Å². The molecule has 1 aromatic rings. The van der Waals surface area contributed by atoms with Gasteiger partial charge in [-0.3, -0.25) is 0 Å². The summed E-state index contributed by atoms with van der Waals surface area (Å²) in [4.78, 5) is 4.09. The average Bonchev–Trinajstić information content (AvgIpc) is 2.27. The normalized spacial score (nSPS) is 11.7. The fourth-order valence-electron chi connectivity index (χ4n) is 1.58. The molecular weight excluding hydrogens is 252 g/mol. The Labute approximate surface area is 108 Å². The molecule has 102 valence electrons. The summed E-state index contributed by atoms with van der Waals surface area (Å²) in [5.74, 6) is 1.17. The second kappa shape index (κ2) is 6.55. The zero-order valence-corrected chi connectivity index (χ0v) is 11.6. The van der Waals surface area contributed by atoms with E-state index in [9.17, 15) is 8.42 Å². The maximum atomic E-state index is 11.3. The summed E-state index contributed by atoms with van der Waals surface area (Å²) in [6.45, 7) is 3.48. The molecule has 18 heavy (non-hydrogen) atoms. The molecule has 0 aromatic carbocycles. The average molecular weight is 272 g/mol. The van der Waals surface area contributed by atoms with Crippen LogP contribution in [0.2, 0.25) is 0 Å². The van der Waals surface area contributed by atoms with E-state index < -0.39 is 10.0 Å². The van der Waals surface area contributed by atoms with Crippen LogP contribution in [0.25, 0.3) is 0 Å². The lowest BCUT2D eigenvalue weighted by Gasteiger charge is -2.17. The quantitative estimate of drug-likeness (QED) is 0.715. The number of rotatable bonds is 7. The summed E-state index contributed by atoms with van der Waals surface area (Å²) in [5, 5.41) is 3.10. The van der Waals surface area contributed by atoms with E-state index in [0.29, 0.717) is 31.3 Å². The summed E-state index contributed by atoms with van der Waals surface area (Å²) in [7, 11) is -3.10. The number of pyridine rings is 1. The van der Waals surface area contributed by atoms with Crippen molar-refractivity contribution < 1.29 is 8.42 Å². The minimum atomic E-state index is -3.10. The van der Waals surface area contributed by atoms with Crippen molar-refractivity contribution in [2.45, 2.75) is 13.3 Å². The van der Waals surface area contributed by atoms with Crippen LogP contribution in [0.3, 0.4) is 0 Å². The number of nitrogen functional groups attached to an aromatic ring is 1. The van der Waals surface area contributed by atoms with Gasteiger partial charge in [0.15, 0.2) is 0 Å². The minimum Gasteiger partial charge on any atom is -0.384 e. The molecule has 0 bridgehead atoms. The first kappa shape index (κ1) is 14.7. The molecule has 1 heterocycles. The highest BCUT2D eigenvalue weighted by Gasteiger charge is 2.12. The van der Waals surface area contributed by atoms with Gasteiger partial charge in [-0.05, 0) is 18.6 Å². The molecular formula is C11H20N4O2S. The third-order valence-corrected chi connectivity index (χ3v) is 3.86. The maximum Gasteiger partial charge on any atom is 0.211 e. The Morgan fingerprint density at radius 2 is 2.17 bits per heavy atom. The van der Waals surface area contributed by atoms with E-state index in [1.807, 2.05) is 19.1 Å². The lowest BCUT2D eigenvalue weighted by atomic mass is 10.4.